The highest BCUT2D eigenvalue weighted by Crippen LogP contribution is 2.46. The molecule has 3 aromatic heterocycles. The highest BCUT2D eigenvalue weighted by atomic mass is 32.1. The molecule has 0 aliphatic heterocycles. The molecule has 3 nitrogen and oxygen atoms in total. The predicted octanol–water partition coefficient (Wildman–Crippen LogP) is 14.7. The lowest BCUT2D eigenvalue weighted by atomic mass is 10.0. The summed E-state index contributed by atoms with van der Waals surface area (Å²) in [6, 6.07) is 62.3. The Balaban J connectivity index is 1.12. The molecule has 0 aliphatic rings. The molecule has 0 radical (unpaired) electrons. The molecule has 0 amide bonds. The zero-order valence-corrected chi connectivity index (χ0v) is 28.7. The highest BCUT2D eigenvalue weighted by Gasteiger charge is 2.22. The van der Waals surface area contributed by atoms with E-state index in [-0.39, 0.29) is 0 Å². The van der Waals surface area contributed by atoms with E-state index in [0.29, 0.717) is 0 Å². The average molecular weight is 684 g/mol. The molecule has 244 valence electrons. The molecule has 0 unspecified atom stereocenters. The molecule has 0 saturated heterocycles. The van der Waals surface area contributed by atoms with E-state index >= 15 is 0 Å². The number of hydrogen-bond donors (Lipinski definition) is 0. The number of fused-ring (bicyclic) bond motifs is 9. The van der Waals surface area contributed by atoms with Gasteiger partial charge < -0.3 is 13.7 Å². The van der Waals surface area contributed by atoms with Crippen LogP contribution in [0.15, 0.2) is 185 Å². The minimum Gasteiger partial charge on any atom is -0.456 e. The largest absolute Gasteiger partial charge is 0.456 e. The number of anilines is 3. The summed E-state index contributed by atoms with van der Waals surface area (Å²) in [6.07, 6.45) is 0. The fourth-order valence-electron chi connectivity index (χ4n) is 7.87. The summed E-state index contributed by atoms with van der Waals surface area (Å²) in [6.45, 7) is 0. The van der Waals surface area contributed by atoms with Gasteiger partial charge in [0.05, 0.1) is 11.4 Å². The first-order valence-electron chi connectivity index (χ1n) is 17.5. The van der Waals surface area contributed by atoms with Gasteiger partial charge in [-0.1, -0.05) is 127 Å². The van der Waals surface area contributed by atoms with Crippen LogP contribution in [0, 0.1) is 0 Å². The number of thiophene rings is 1. The Kier molecular flexibility index (Phi) is 6.42. The normalized spacial score (nSPS) is 11.8. The van der Waals surface area contributed by atoms with E-state index in [1.54, 1.807) is 0 Å². The number of para-hydroxylation sites is 3. The molecule has 0 saturated carbocycles. The Morgan fingerprint density at radius 1 is 0.385 bits per heavy atom. The fourth-order valence-corrected chi connectivity index (χ4v) is 9.11. The summed E-state index contributed by atoms with van der Waals surface area (Å²) in [5, 5.41) is 6.99. The van der Waals surface area contributed by atoms with Crippen LogP contribution in [-0.4, -0.2) is 0 Å². The third-order valence-corrected chi connectivity index (χ3v) is 11.5. The summed E-state index contributed by atoms with van der Waals surface area (Å²) < 4.78 is 16.0. The molecule has 0 fully saturated rings. The van der Waals surface area contributed by atoms with Crippen molar-refractivity contribution >= 4 is 92.4 Å². The second-order valence-electron chi connectivity index (χ2n) is 13.2. The van der Waals surface area contributed by atoms with Gasteiger partial charge in [0, 0.05) is 59.0 Å². The predicted molar refractivity (Wildman–Crippen MR) is 219 cm³/mol. The van der Waals surface area contributed by atoms with E-state index in [4.69, 9.17) is 8.83 Å². The van der Waals surface area contributed by atoms with Crippen LogP contribution in [0.1, 0.15) is 0 Å². The molecule has 52 heavy (non-hydrogen) atoms. The molecule has 0 aliphatic carbocycles. The van der Waals surface area contributed by atoms with Crippen LogP contribution in [0.2, 0.25) is 0 Å². The van der Waals surface area contributed by atoms with E-state index in [1.165, 1.54) is 31.3 Å². The van der Waals surface area contributed by atoms with Gasteiger partial charge in [-0.05, 0) is 59.2 Å². The lowest BCUT2D eigenvalue weighted by Crippen LogP contribution is -2.10. The van der Waals surface area contributed by atoms with Gasteiger partial charge >= 0.3 is 0 Å². The van der Waals surface area contributed by atoms with Crippen LogP contribution < -0.4 is 4.90 Å². The average Bonchev–Trinajstić information content (AvgIpc) is 3.90. The third kappa shape index (κ3) is 4.45. The maximum Gasteiger partial charge on any atom is 0.159 e. The van der Waals surface area contributed by atoms with Crippen LogP contribution in [0.25, 0.3) is 86.3 Å². The minimum absolute atomic E-state index is 0.838. The number of nitrogens with zero attached hydrogens (tertiary/aromatic N) is 1. The summed E-state index contributed by atoms with van der Waals surface area (Å²) in [5.74, 6) is 0. The number of benzene rings is 8. The van der Waals surface area contributed by atoms with Crippen molar-refractivity contribution in [3.05, 3.63) is 176 Å². The second-order valence-corrected chi connectivity index (χ2v) is 14.3. The van der Waals surface area contributed by atoms with Crippen molar-refractivity contribution in [2.75, 3.05) is 4.90 Å². The van der Waals surface area contributed by atoms with Gasteiger partial charge in [-0.2, -0.15) is 0 Å². The quantitative estimate of drug-likeness (QED) is 0.181. The van der Waals surface area contributed by atoms with Crippen molar-refractivity contribution in [2.24, 2.45) is 0 Å². The molecule has 3 heterocycles. The molecular weight excluding hydrogens is 655 g/mol. The monoisotopic (exact) mass is 683 g/mol. The van der Waals surface area contributed by atoms with Crippen LogP contribution in [0.3, 0.4) is 0 Å². The molecular formula is C48H29NO2S. The van der Waals surface area contributed by atoms with E-state index in [2.05, 4.69) is 163 Å². The summed E-state index contributed by atoms with van der Waals surface area (Å²) in [5.41, 5.74) is 11.1. The molecule has 0 spiro atoms. The Morgan fingerprint density at radius 2 is 1.02 bits per heavy atom. The van der Waals surface area contributed by atoms with Crippen molar-refractivity contribution < 1.29 is 8.83 Å². The van der Waals surface area contributed by atoms with Gasteiger partial charge in [-0.3, -0.25) is 0 Å². The van der Waals surface area contributed by atoms with E-state index in [9.17, 15) is 0 Å². The smallest absolute Gasteiger partial charge is 0.159 e. The molecule has 11 rings (SSSR count). The van der Waals surface area contributed by atoms with Crippen molar-refractivity contribution in [1.82, 2.24) is 0 Å². The van der Waals surface area contributed by atoms with Crippen LogP contribution in [0.4, 0.5) is 17.1 Å². The summed E-state index contributed by atoms with van der Waals surface area (Å²) in [7, 11) is 0. The van der Waals surface area contributed by atoms with Gasteiger partial charge in [0.25, 0.3) is 0 Å². The Morgan fingerprint density at radius 3 is 1.88 bits per heavy atom. The molecule has 0 atom stereocenters. The first-order valence-corrected chi connectivity index (χ1v) is 18.3. The molecule has 0 bridgehead atoms. The molecule has 4 heteroatoms. The number of hydrogen-bond acceptors (Lipinski definition) is 4. The van der Waals surface area contributed by atoms with Gasteiger partial charge in [0.15, 0.2) is 5.58 Å². The summed E-state index contributed by atoms with van der Waals surface area (Å²) >= 11 is 1.86. The van der Waals surface area contributed by atoms with Gasteiger partial charge in [-0.15, -0.1) is 11.3 Å². The first kappa shape index (κ1) is 29.1. The minimum atomic E-state index is 0.838. The third-order valence-electron chi connectivity index (χ3n) is 10.3. The fraction of sp³-hybridized carbons (Fsp3) is 0. The van der Waals surface area contributed by atoms with E-state index in [0.717, 1.165) is 72.1 Å². The highest BCUT2D eigenvalue weighted by molar-refractivity contribution is 7.26. The van der Waals surface area contributed by atoms with E-state index < -0.39 is 0 Å². The van der Waals surface area contributed by atoms with Gasteiger partial charge in [0.2, 0.25) is 0 Å². The zero-order valence-electron chi connectivity index (χ0n) is 27.9. The molecule has 8 aromatic carbocycles. The van der Waals surface area contributed by atoms with Crippen LogP contribution in [0.5, 0.6) is 0 Å². The SMILES string of the molecule is c1ccc(-c2cccc3c2oc2c(N(c4ccc(-c5cccc6c5sc5ccccc56)cc4)c4ccc5c(c4)oc4ccccc45)cccc23)cc1. The number of furan rings is 2. The maximum atomic E-state index is 6.93. The lowest BCUT2D eigenvalue weighted by Gasteiger charge is -2.25. The van der Waals surface area contributed by atoms with Crippen molar-refractivity contribution in [1.29, 1.82) is 0 Å². The van der Waals surface area contributed by atoms with Crippen molar-refractivity contribution in [3.63, 3.8) is 0 Å². The topological polar surface area (TPSA) is 29.5 Å². The first-order chi connectivity index (χ1) is 25.8. The Bertz CT molecular complexity index is 3130. The summed E-state index contributed by atoms with van der Waals surface area (Å²) in [4.78, 5) is 2.29. The Labute approximate surface area is 303 Å². The molecule has 11 aromatic rings. The van der Waals surface area contributed by atoms with Gasteiger partial charge in [-0.25, -0.2) is 0 Å². The lowest BCUT2D eigenvalue weighted by molar-refractivity contribution is 0.668. The van der Waals surface area contributed by atoms with Crippen molar-refractivity contribution in [3.8, 4) is 22.3 Å². The van der Waals surface area contributed by atoms with E-state index in [1.807, 2.05) is 29.5 Å². The standard InChI is InChI=1S/C48H29NO2S/c1-2-11-30(12-3-1)34-15-8-17-39-40-18-10-20-42(47(40)51-46(34)39)49(33-27-28-37-36-13-4-6-21-43(36)50-44(37)29-33)32-25-23-31(24-26-32)35-16-9-19-41-38-14-5-7-22-45(38)52-48(35)41/h1-29H. The zero-order chi connectivity index (χ0) is 34.2. The van der Waals surface area contributed by atoms with Gasteiger partial charge in [0.1, 0.15) is 16.7 Å². The van der Waals surface area contributed by atoms with Crippen LogP contribution in [-0.2, 0) is 0 Å². The molecule has 0 N–H and O–H groups in total. The maximum absolute atomic E-state index is 6.93. The number of rotatable bonds is 5. The van der Waals surface area contributed by atoms with Crippen LogP contribution >= 0.6 is 11.3 Å². The van der Waals surface area contributed by atoms with Crippen molar-refractivity contribution in [2.45, 2.75) is 0 Å². The second kappa shape index (κ2) is 11.5. The Hall–Kier alpha value is -6.62.